The van der Waals surface area contributed by atoms with Crippen molar-refractivity contribution in [1.29, 1.82) is 0 Å². The summed E-state index contributed by atoms with van der Waals surface area (Å²) in [6.45, 7) is 11.3. The minimum Gasteiger partial charge on any atom is -0.358 e. The molecule has 0 atom stereocenters. The quantitative estimate of drug-likeness (QED) is 0.318. The first-order valence-corrected chi connectivity index (χ1v) is 8.11. The second-order valence-electron chi connectivity index (χ2n) is 6.53. The molecule has 3 rings (SSSR count). The topological polar surface area (TPSA) is 0 Å². The normalized spacial score (nSPS) is 9.56. The Balaban J connectivity index is 0. The maximum Gasteiger partial charge on any atom is 3.00 e. The van der Waals surface area contributed by atoms with Crippen molar-refractivity contribution in [2.45, 2.75) is 46.5 Å². The van der Waals surface area contributed by atoms with Crippen LogP contribution in [0.1, 0.15) is 56.2 Å². The zero-order chi connectivity index (χ0) is 16.1. The van der Waals surface area contributed by atoms with Gasteiger partial charge in [-0.05, 0) is 11.8 Å². The maximum absolute atomic E-state index is 2.89. The van der Waals surface area contributed by atoms with E-state index in [2.05, 4.69) is 65.0 Å². The van der Waals surface area contributed by atoms with Gasteiger partial charge in [0.25, 0.3) is 0 Å². The molecule has 25 heavy (non-hydrogen) atoms. The van der Waals surface area contributed by atoms with Crippen LogP contribution in [0.25, 0.3) is 10.8 Å². The van der Waals surface area contributed by atoms with Gasteiger partial charge < -0.3 is 7.43 Å². The minimum absolute atomic E-state index is 0. The molecule has 0 N–H and O–H groups in total. The monoisotopic (exact) mass is 423 g/mol. The van der Waals surface area contributed by atoms with Crippen LogP contribution < -0.4 is 0 Å². The van der Waals surface area contributed by atoms with Crippen LogP contribution in [0.4, 0.5) is 0 Å². The molecule has 5 radical (unpaired) electrons. The summed E-state index contributed by atoms with van der Waals surface area (Å²) >= 11 is 0. The molecular formula is C23H29SiZr. The molecule has 0 aliphatic rings. The van der Waals surface area contributed by atoms with E-state index in [-0.39, 0.29) is 44.6 Å². The van der Waals surface area contributed by atoms with Gasteiger partial charge in [0.05, 0.1) is 0 Å². The third-order valence-electron chi connectivity index (χ3n) is 3.92. The summed E-state index contributed by atoms with van der Waals surface area (Å²) in [6, 6.07) is 21.8. The van der Waals surface area contributed by atoms with Crippen LogP contribution >= 0.6 is 0 Å². The maximum atomic E-state index is 2.89. The zero-order valence-electron chi connectivity index (χ0n) is 16.4. The van der Waals surface area contributed by atoms with Crippen molar-refractivity contribution in [1.82, 2.24) is 0 Å². The van der Waals surface area contributed by atoms with Crippen LogP contribution in [0.2, 0.25) is 0 Å². The van der Waals surface area contributed by atoms with Crippen molar-refractivity contribution in [3.63, 3.8) is 0 Å². The van der Waals surface area contributed by atoms with Crippen molar-refractivity contribution < 1.29 is 26.2 Å². The van der Waals surface area contributed by atoms with E-state index < -0.39 is 0 Å². The number of benzene rings is 2. The number of fused-ring (bicyclic) bond motifs is 1. The Morgan fingerprint density at radius 3 is 1.88 bits per heavy atom. The Labute approximate surface area is 178 Å². The van der Waals surface area contributed by atoms with E-state index in [4.69, 9.17) is 0 Å². The predicted molar refractivity (Wildman–Crippen MR) is 110 cm³/mol. The molecule has 3 aromatic carbocycles. The average Bonchev–Trinajstić information content (AvgIpc) is 2.88. The molecule has 0 aliphatic carbocycles. The van der Waals surface area contributed by atoms with Crippen LogP contribution in [0.3, 0.4) is 0 Å². The van der Waals surface area contributed by atoms with Gasteiger partial charge in [-0.15, -0.1) is 28.5 Å². The van der Waals surface area contributed by atoms with Gasteiger partial charge in [-0.2, -0.15) is 42.5 Å². The molecule has 0 fully saturated rings. The Morgan fingerprint density at radius 1 is 0.880 bits per heavy atom. The predicted octanol–water partition coefficient (Wildman–Crippen LogP) is 6.67. The van der Waals surface area contributed by atoms with Gasteiger partial charge in [0.2, 0.25) is 0 Å². The molecule has 0 spiro atoms. The van der Waals surface area contributed by atoms with Crippen molar-refractivity contribution >= 4 is 21.7 Å². The van der Waals surface area contributed by atoms with E-state index in [1.807, 2.05) is 30.3 Å². The SMILES string of the molecule is Cc1cc2c(C(C)C)cc(C(C)C)cc2[cH-]1.[CH3-].[Si].[Zr+3].[c-]1ccccc1. The zero-order valence-corrected chi connectivity index (χ0v) is 19.8. The summed E-state index contributed by atoms with van der Waals surface area (Å²) in [5, 5.41) is 2.85. The fourth-order valence-corrected chi connectivity index (χ4v) is 2.68. The van der Waals surface area contributed by atoms with E-state index in [0.717, 1.165) is 0 Å². The molecule has 0 amide bonds. The summed E-state index contributed by atoms with van der Waals surface area (Å²) in [5.74, 6) is 1.21. The van der Waals surface area contributed by atoms with Crippen molar-refractivity contribution in [2.24, 2.45) is 0 Å². The molecule has 3 aromatic rings. The number of rotatable bonds is 2. The largest absolute Gasteiger partial charge is 3.00 e. The summed E-state index contributed by atoms with van der Waals surface area (Å²) in [4.78, 5) is 0. The van der Waals surface area contributed by atoms with Gasteiger partial charge in [0.15, 0.2) is 0 Å². The van der Waals surface area contributed by atoms with Gasteiger partial charge in [-0.3, -0.25) is 0 Å². The first-order valence-electron chi connectivity index (χ1n) is 8.11. The van der Waals surface area contributed by atoms with Gasteiger partial charge in [0.1, 0.15) is 0 Å². The smallest absolute Gasteiger partial charge is 0.358 e. The van der Waals surface area contributed by atoms with E-state index in [9.17, 15) is 0 Å². The van der Waals surface area contributed by atoms with Crippen LogP contribution in [0, 0.1) is 20.4 Å². The van der Waals surface area contributed by atoms with Crippen LogP contribution in [-0.2, 0) is 26.2 Å². The fourth-order valence-electron chi connectivity index (χ4n) is 2.68. The Bertz CT molecular complexity index is 685. The summed E-state index contributed by atoms with van der Waals surface area (Å²) in [5.41, 5.74) is 4.33. The molecule has 2 heteroatoms. The van der Waals surface area contributed by atoms with Crippen LogP contribution in [0.15, 0.2) is 54.6 Å². The van der Waals surface area contributed by atoms with Crippen molar-refractivity contribution in [2.75, 3.05) is 0 Å². The van der Waals surface area contributed by atoms with E-state index in [1.165, 1.54) is 27.5 Å². The summed E-state index contributed by atoms with van der Waals surface area (Å²) in [6.07, 6.45) is 0. The van der Waals surface area contributed by atoms with Gasteiger partial charge >= 0.3 is 26.2 Å². The Morgan fingerprint density at radius 2 is 1.48 bits per heavy atom. The molecule has 0 saturated heterocycles. The van der Waals surface area contributed by atoms with E-state index in [0.29, 0.717) is 11.8 Å². The number of hydrogen-bond donors (Lipinski definition) is 0. The Kier molecular flexibility index (Phi) is 13.2. The standard InChI is InChI=1S/C16H21.C6H5.CH3.Si.Zr/c1-10(2)13-8-14-6-12(5)7-16(14)15(9-13)11(3)4;1-2-4-6-5-3-1;;;/h6-11H,1-5H3;1-5H;1H3;;/q3*-1;;+3. The van der Waals surface area contributed by atoms with Crippen molar-refractivity contribution in [3.05, 3.63) is 84.8 Å². The molecule has 0 unspecified atom stereocenters. The van der Waals surface area contributed by atoms with E-state index in [1.54, 1.807) is 0 Å². The third-order valence-corrected chi connectivity index (χ3v) is 3.92. The van der Waals surface area contributed by atoms with Gasteiger partial charge in [-0.1, -0.05) is 51.8 Å². The second kappa shape index (κ2) is 12.5. The van der Waals surface area contributed by atoms with Crippen LogP contribution in [0.5, 0.6) is 0 Å². The molecule has 0 nitrogen and oxygen atoms in total. The first kappa shape index (κ1) is 26.4. The van der Waals surface area contributed by atoms with Crippen molar-refractivity contribution in [3.8, 4) is 0 Å². The number of aryl methyl sites for hydroxylation is 1. The first-order chi connectivity index (χ1) is 10.5. The molecule has 0 aliphatic heterocycles. The van der Waals surface area contributed by atoms with Gasteiger partial charge in [-0.25, -0.2) is 0 Å². The minimum atomic E-state index is 0. The van der Waals surface area contributed by atoms with Crippen LogP contribution in [-0.4, -0.2) is 11.0 Å². The number of hydrogen-bond acceptors (Lipinski definition) is 0. The molecule has 0 aromatic heterocycles. The molecule has 0 bridgehead atoms. The van der Waals surface area contributed by atoms with E-state index >= 15 is 0 Å². The summed E-state index contributed by atoms with van der Waals surface area (Å²) in [7, 11) is 0. The summed E-state index contributed by atoms with van der Waals surface area (Å²) < 4.78 is 0. The third kappa shape index (κ3) is 7.50. The Hall–Kier alpha value is -0.850. The molecule has 0 saturated carbocycles. The second-order valence-corrected chi connectivity index (χ2v) is 6.53. The average molecular weight is 425 g/mol. The fraction of sp³-hybridized carbons (Fsp3) is 0.304. The molecule has 0 heterocycles. The molecule has 129 valence electrons. The molecular weight excluding hydrogens is 396 g/mol. The van der Waals surface area contributed by atoms with Gasteiger partial charge in [0, 0.05) is 11.0 Å².